The summed E-state index contributed by atoms with van der Waals surface area (Å²) in [6.45, 7) is 5.80. The zero-order chi connectivity index (χ0) is 23.6. The highest BCUT2D eigenvalue weighted by Crippen LogP contribution is 2.21. The number of nitrogens with zero attached hydrogens (tertiary/aromatic N) is 3. The molecule has 1 aliphatic heterocycles. The minimum absolute atomic E-state index is 0. The second kappa shape index (κ2) is 12.2. The van der Waals surface area contributed by atoms with E-state index in [1.54, 1.807) is 12.4 Å². The number of rotatable bonds is 11. The number of amides is 3. The summed E-state index contributed by atoms with van der Waals surface area (Å²) in [5.41, 5.74) is 2.70. The molecule has 3 amide bonds. The Bertz CT molecular complexity index is 1090. The molecular formula is C26H40N6O2. The zero-order valence-electron chi connectivity index (χ0n) is 19.6. The second-order valence-electron chi connectivity index (χ2n) is 8.74. The third kappa shape index (κ3) is 6.57. The maximum atomic E-state index is 12.9. The van der Waals surface area contributed by atoms with Crippen LogP contribution in [0.1, 0.15) is 45.9 Å². The number of benzene rings is 1. The van der Waals surface area contributed by atoms with Crippen molar-refractivity contribution in [3.8, 4) is 0 Å². The third-order valence-corrected chi connectivity index (χ3v) is 6.21. The summed E-state index contributed by atoms with van der Waals surface area (Å²) in [7, 11) is 0. The Hall–Kier alpha value is -3.39. The summed E-state index contributed by atoms with van der Waals surface area (Å²) in [6, 6.07) is 11.6. The van der Waals surface area contributed by atoms with Gasteiger partial charge in [-0.15, -0.1) is 0 Å². The number of carbonyl (C=O) groups is 2. The lowest BCUT2D eigenvalue weighted by molar-refractivity contribution is 0.0953. The number of para-hydroxylation sites is 1. The Morgan fingerprint density at radius 3 is 2.56 bits per heavy atom. The molecule has 8 heteroatoms. The van der Waals surface area contributed by atoms with E-state index >= 15 is 0 Å². The molecule has 34 heavy (non-hydrogen) atoms. The van der Waals surface area contributed by atoms with E-state index < -0.39 is 0 Å². The molecule has 186 valence electrons. The number of aryl methyl sites for hydroxylation is 1. The number of likely N-dealkylation sites (tertiary alicyclic amines) is 1. The van der Waals surface area contributed by atoms with E-state index in [2.05, 4.69) is 30.4 Å². The molecule has 3 aromatic rings. The van der Waals surface area contributed by atoms with Gasteiger partial charge < -0.3 is 25.4 Å². The Balaban J connectivity index is 0.00000228. The van der Waals surface area contributed by atoms with E-state index in [4.69, 9.17) is 0 Å². The van der Waals surface area contributed by atoms with Crippen LogP contribution in [-0.2, 0) is 13.1 Å². The Labute approximate surface area is 205 Å². The second-order valence-corrected chi connectivity index (χ2v) is 8.74. The summed E-state index contributed by atoms with van der Waals surface area (Å²) in [5.74, 6) is -0.0238. The third-order valence-electron chi connectivity index (χ3n) is 6.21. The average Bonchev–Trinajstić information content (AvgIpc) is 3.52. The van der Waals surface area contributed by atoms with Gasteiger partial charge in [-0.3, -0.25) is 9.78 Å². The minimum atomic E-state index is -0.199. The first-order valence-corrected chi connectivity index (χ1v) is 12.2. The number of fused-ring (bicyclic) bond motifs is 1. The fourth-order valence-electron chi connectivity index (χ4n) is 4.42. The SMILES string of the molecule is O=C(NCCCn1cc(C(=O)NCCCN2CCCC2)c2ccccc21)NCc1cccnc1.[HH].[HH].[HH]. The van der Waals surface area contributed by atoms with E-state index in [9.17, 15) is 9.59 Å². The van der Waals surface area contributed by atoms with Crippen molar-refractivity contribution in [1.82, 2.24) is 30.4 Å². The minimum Gasteiger partial charge on any atom is -0.352 e. The number of urea groups is 1. The van der Waals surface area contributed by atoms with E-state index in [1.807, 2.05) is 42.6 Å². The van der Waals surface area contributed by atoms with Crippen molar-refractivity contribution in [2.45, 2.75) is 38.8 Å². The lowest BCUT2D eigenvalue weighted by Crippen LogP contribution is -2.35. The molecule has 0 bridgehead atoms. The van der Waals surface area contributed by atoms with Crippen LogP contribution >= 0.6 is 0 Å². The first kappa shape index (κ1) is 23.8. The van der Waals surface area contributed by atoms with Crippen molar-refractivity contribution in [1.29, 1.82) is 0 Å². The maximum absolute atomic E-state index is 12.9. The van der Waals surface area contributed by atoms with Gasteiger partial charge in [0.15, 0.2) is 0 Å². The molecule has 0 saturated carbocycles. The van der Waals surface area contributed by atoms with Crippen LogP contribution in [0, 0.1) is 0 Å². The molecule has 4 rings (SSSR count). The van der Waals surface area contributed by atoms with Crippen molar-refractivity contribution < 1.29 is 13.9 Å². The van der Waals surface area contributed by atoms with E-state index in [0.29, 0.717) is 31.7 Å². The highest BCUT2D eigenvalue weighted by molar-refractivity contribution is 6.07. The standard InChI is InChI=1S/C26H34N6O2.3H2/c33-25(28-12-6-16-31-14-3-4-15-31)23-20-32(24-10-2-1-9-22(23)24)17-7-13-29-26(34)30-19-21-8-5-11-27-18-21;;;/h1-2,5,8-11,18,20H,3-4,6-7,12-17,19H2,(H,28,33)(H2,29,30,34);3*1H. The molecule has 1 aromatic carbocycles. The van der Waals surface area contributed by atoms with Crippen LogP contribution in [0.25, 0.3) is 10.9 Å². The van der Waals surface area contributed by atoms with Gasteiger partial charge in [0.2, 0.25) is 0 Å². The molecule has 3 heterocycles. The zero-order valence-corrected chi connectivity index (χ0v) is 19.6. The fraction of sp³-hybridized carbons (Fsp3) is 0.423. The molecule has 2 aromatic heterocycles. The van der Waals surface area contributed by atoms with Gasteiger partial charge in [-0.2, -0.15) is 0 Å². The number of hydrogen-bond acceptors (Lipinski definition) is 4. The van der Waals surface area contributed by atoms with Crippen molar-refractivity contribution >= 4 is 22.8 Å². The molecule has 1 saturated heterocycles. The van der Waals surface area contributed by atoms with Gasteiger partial charge in [-0.05, 0) is 63.0 Å². The van der Waals surface area contributed by atoms with E-state index in [1.165, 1.54) is 25.9 Å². The van der Waals surface area contributed by atoms with Gasteiger partial charge in [0, 0.05) is 60.0 Å². The predicted octanol–water partition coefficient (Wildman–Crippen LogP) is 3.88. The highest BCUT2D eigenvalue weighted by atomic mass is 16.2. The molecule has 0 aliphatic carbocycles. The highest BCUT2D eigenvalue weighted by Gasteiger charge is 2.15. The fourth-order valence-corrected chi connectivity index (χ4v) is 4.42. The van der Waals surface area contributed by atoms with Crippen LogP contribution < -0.4 is 16.0 Å². The molecule has 1 aliphatic rings. The lowest BCUT2D eigenvalue weighted by atomic mass is 10.1. The van der Waals surface area contributed by atoms with Gasteiger partial charge in [-0.1, -0.05) is 24.3 Å². The summed E-state index contributed by atoms with van der Waals surface area (Å²) in [4.78, 5) is 31.4. The Kier molecular flexibility index (Phi) is 8.51. The summed E-state index contributed by atoms with van der Waals surface area (Å²) in [5, 5.41) is 9.78. The largest absolute Gasteiger partial charge is 0.352 e. The van der Waals surface area contributed by atoms with Gasteiger partial charge in [-0.25, -0.2) is 4.79 Å². The molecule has 0 unspecified atom stereocenters. The molecule has 0 spiro atoms. The Morgan fingerprint density at radius 1 is 0.941 bits per heavy atom. The normalized spacial score (nSPS) is 13.8. The average molecular weight is 469 g/mol. The first-order valence-electron chi connectivity index (χ1n) is 12.2. The van der Waals surface area contributed by atoms with Crippen LogP contribution in [0.5, 0.6) is 0 Å². The van der Waals surface area contributed by atoms with Crippen LogP contribution in [0.3, 0.4) is 0 Å². The summed E-state index contributed by atoms with van der Waals surface area (Å²) >= 11 is 0. The molecule has 0 atom stereocenters. The molecule has 3 N–H and O–H groups in total. The van der Waals surface area contributed by atoms with Gasteiger partial charge in [0.05, 0.1) is 5.56 Å². The quantitative estimate of drug-likeness (QED) is 0.373. The lowest BCUT2D eigenvalue weighted by Gasteiger charge is -2.14. The summed E-state index contributed by atoms with van der Waals surface area (Å²) < 4.78 is 2.10. The summed E-state index contributed by atoms with van der Waals surface area (Å²) in [6.07, 6.45) is 9.69. The molecule has 0 radical (unpaired) electrons. The molecule has 8 nitrogen and oxygen atoms in total. The van der Waals surface area contributed by atoms with Gasteiger partial charge in [0.1, 0.15) is 0 Å². The monoisotopic (exact) mass is 468 g/mol. The van der Waals surface area contributed by atoms with E-state index in [-0.39, 0.29) is 16.2 Å². The number of hydrogen-bond donors (Lipinski definition) is 3. The van der Waals surface area contributed by atoms with Crippen molar-refractivity contribution in [3.05, 3.63) is 66.1 Å². The maximum Gasteiger partial charge on any atom is 0.315 e. The van der Waals surface area contributed by atoms with E-state index in [0.717, 1.165) is 35.9 Å². The van der Waals surface area contributed by atoms with Crippen LogP contribution in [-0.4, -0.2) is 59.1 Å². The smallest absolute Gasteiger partial charge is 0.315 e. The molecular weight excluding hydrogens is 428 g/mol. The van der Waals surface area contributed by atoms with Crippen molar-refractivity contribution in [2.75, 3.05) is 32.7 Å². The van der Waals surface area contributed by atoms with Crippen molar-refractivity contribution in [2.24, 2.45) is 0 Å². The number of nitrogens with one attached hydrogen (secondary N) is 3. The van der Waals surface area contributed by atoms with Gasteiger partial charge >= 0.3 is 6.03 Å². The van der Waals surface area contributed by atoms with Crippen LogP contribution in [0.4, 0.5) is 4.79 Å². The topological polar surface area (TPSA) is 91.3 Å². The number of pyridine rings is 1. The Morgan fingerprint density at radius 2 is 1.74 bits per heavy atom. The molecule has 1 fully saturated rings. The number of carbonyl (C=O) groups excluding carboxylic acids is 2. The first-order chi connectivity index (χ1) is 16.7. The van der Waals surface area contributed by atoms with Crippen molar-refractivity contribution in [3.63, 3.8) is 0 Å². The number of aromatic nitrogens is 2. The predicted molar refractivity (Wildman–Crippen MR) is 140 cm³/mol. The van der Waals surface area contributed by atoms with Crippen LogP contribution in [0.15, 0.2) is 55.0 Å². The van der Waals surface area contributed by atoms with Crippen LogP contribution in [0.2, 0.25) is 0 Å². The van der Waals surface area contributed by atoms with Gasteiger partial charge in [0.25, 0.3) is 5.91 Å².